The standard InChI is InChI=1S/C23H21N3O5S/c1-30-15-7-8-17-16(11-15)14(13-24-17)9-10-26-22(29)20(12-21(27)28)32-23(26)25-18-5-3-4-6-19(18)31-2/h3-8,11-13,24H,9-10H2,1-2H3,(H,27,28). The van der Waals surface area contributed by atoms with E-state index in [1.54, 1.807) is 26.4 Å². The van der Waals surface area contributed by atoms with Gasteiger partial charge in [-0.15, -0.1) is 0 Å². The summed E-state index contributed by atoms with van der Waals surface area (Å²) < 4.78 is 10.7. The first-order valence-corrected chi connectivity index (χ1v) is 10.6. The number of carbonyl (C=O) groups excluding carboxylic acids is 1. The number of aliphatic carboxylic acids is 1. The van der Waals surface area contributed by atoms with Gasteiger partial charge in [0, 0.05) is 29.7 Å². The summed E-state index contributed by atoms with van der Waals surface area (Å²) in [5.74, 6) is -0.254. The maximum Gasteiger partial charge on any atom is 0.329 e. The van der Waals surface area contributed by atoms with Gasteiger partial charge in [-0.2, -0.15) is 0 Å². The molecule has 8 nitrogen and oxygen atoms in total. The van der Waals surface area contributed by atoms with E-state index in [-0.39, 0.29) is 10.8 Å². The molecule has 2 heterocycles. The average Bonchev–Trinajstić information content (AvgIpc) is 3.32. The van der Waals surface area contributed by atoms with E-state index < -0.39 is 5.97 Å². The van der Waals surface area contributed by atoms with Crippen LogP contribution in [0.5, 0.6) is 11.5 Å². The lowest BCUT2D eigenvalue weighted by Crippen LogP contribution is -2.31. The molecule has 0 spiro atoms. The van der Waals surface area contributed by atoms with Crippen LogP contribution >= 0.6 is 11.8 Å². The molecular formula is C23H21N3O5S. The molecule has 1 saturated heterocycles. The molecule has 164 valence electrons. The van der Waals surface area contributed by atoms with Crippen LogP contribution < -0.4 is 9.47 Å². The summed E-state index contributed by atoms with van der Waals surface area (Å²) in [6, 6.07) is 13.0. The van der Waals surface area contributed by atoms with E-state index in [0.29, 0.717) is 29.6 Å². The van der Waals surface area contributed by atoms with Gasteiger partial charge in [-0.05, 0) is 54.1 Å². The van der Waals surface area contributed by atoms with Gasteiger partial charge >= 0.3 is 5.97 Å². The Labute approximate surface area is 188 Å². The van der Waals surface area contributed by atoms with E-state index >= 15 is 0 Å². The number of carboxylic acids is 1. The lowest BCUT2D eigenvalue weighted by molar-refractivity contribution is -0.132. The third kappa shape index (κ3) is 4.33. The molecular weight excluding hydrogens is 430 g/mol. The number of carbonyl (C=O) groups is 2. The Bertz CT molecular complexity index is 1250. The number of hydrogen-bond donors (Lipinski definition) is 2. The predicted molar refractivity (Wildman–Crippen MR) is 124 cm³/mol. The van der Waals surface area contributed by atoms with Crippen molar-refractivity contribution in [3.8, 4) is 11.5 Å². The molecule has 4 rings (SSSR count). The number of carboxylic acid groups (broad SMARTS) is 1. The molecule has 2 aromatic carbocycles. The second-order valence-corrected chi connectivity index (χ2v) is 7.96. The number of nitrogens with zero attached hydrogens (tertiary/aromatic N) is 2. The Morgan fingerprint density at radius 2 is 2.03 bits per heavy atom. The number of benzene rings is 2. The van der Waals surface area contributed by atoms with Crippen molar-refractivity contribution in [1.29, 1.82) is 0 Å². The number of rotatable bonds is 7. The summed E-state index contributed by atoms with van der Waals surface area (Å²) in [7, 11) is 3.16. The zero-order chi connectivity index (χ0) is 22.7. The summed E-state index contributed by atoms with van der Waals surface area (Å²) in [6.07, 6.45) is 3.37. The van der Waals surface area contributed by atoms with Crippen LogP contribution in [0.3, 0.4) is 0 Å². The molecule has 1 aromatic heterocycles. The lowest BCUT2D eigenvalue weighted by atomic mass is 10.1. The molecule has 9 heteroatoms. The van der Waals surface area contributed by atoms with Crippen molar-refractivity contribution in [2.75, 3.05) is 20.8 Å². The van der Waals surface area contributed by atoms with Crippen molar-refractivity contribution in [3.63, 3.8) is 0 Å². The fourth-order valence-electron chi connectivity index (χ4n) is 3.45. The molecule has 1 aliphatic heterocycles. The Morgan fingerprint density at radius 3 is 2.78 bits per heavy atom. The first kappa shape index (κ1) is 21.5. The van der Waals surface area contributed by atoms with Crippen molar-refractivity contribution in [2.24, 2.45) is 4.99 Å². The number of H-pyrrole nitrogens is 1. The molecule has 0 aliphatic carbocycles. The number of aliphatic imine (C=N–C) groups is 1. The molecule has 3 aromatic rings. The first-order valence-electron chi connectivity index (χ1n) is 9.80. The average molecular weight is 452 g/mol. The van der Waals surface area contributed by atoms with Crippen LogP contribution in [0.15, 0.2) is 64.6 Å². The molecule has 0 atom stereocenters. The number of thioether (sulfide) groups is 1. The van der Waals surface area contributed by atoms with Gasteiger partial charge in [-0.25, -0.2) is 9.79 Å². The fraction of sp³-hybridized carbons (Fsp3) is 0.174. The molecule has 1 aliphatic rings. The van der Waals surface area contributed by atoms with Gasteiger partial charge in [0.1, 0.15) is 17.2 Å². The van der Waals surface area contributed by atoms with Gasteiger partial charge in [0.05, 0.1) is 19.1 Å². The monoisotopic (exact) mass is 451 g/mol. The highest BCUT2D eigenvalue weighted by atomic mass is 32.2. The highest BCUT2D eigenvalue weighted by molar-refractivity contribution is 8.18. The van der Waals surface area contributed by atoms with Gasteiger partial charge in [-0.1, -0.05) is 12.1 Å². The van der Waals surface area contributed by atoms with E-state index in [4.69, 9.17) is 14.6 Å². The lowest BCUT2D eigenvalue weighted by Gasteiger charge is -2.16. The first-order chi connectivity index (χ1) is 15.5. The van der Waals surface area contributed by atoms with Crippen molar-refractivity contribution in [2.45, 2.75) is 6.42 Å². The van der Waals surface area contributed by atoms with E-state index in [0.717, 1.165) is 40.1 Å². The van der Waals surface area contributed by atoms with E-state index in [1.165, 1.54) is 4.90 Å². The number of ether oxygens (including phenoxy) is 2. The number of amides is 1. The Hall–Kier alpha value is -3.72. The molecule has 1 amide bonds. The maximum atomic E-state index is 13.0. The van der Waals surface area contributed by atoms with Gasteiger partial charge in [0.2, 0.25) is 0 Å². The minimum absolute atomic E-state index is 0.117. The Balaban J connectivity index is 1.65. The Kier molecular flexibility index (Phi) is 6.18. The van der Waals surface area contributed by atoms with Crippen LogP contribution in [-0.4, -0.2) is 52.8 Å². The predicted octanol–water partition coefficient (Wildman–Crippen LogP) is 3.96. The van der Waals surface area contributed by atoms with Crippen LogP contribution in [-0.2, 0) is 16.0 Å². The van der Waals surface area contributed by atoms with Crippen molar-refractivity contribution in [1.82, 2.24) is 9.88 Å². The van der Waals surface area contributed by atoms with Crippen molar-refractivity contribution >= 4 is 45.4 Å². The van der Waals surface area contributed by atoms with E-state index in [1.807, 2.05) is 36.5 Å². The van der Waals surface area contributed by atoms with Crippen LogP contribution in [0, 0.1) is 0 Å². The molecule has 2 N–H and O–H groups in total. The SMILES string of the molecule is COc1ccc2[nH]cc(CCN3C(=O)C(=CC(=O)O)SC3=Nc3ccccc3OC)c2c1. The number of fused-ring (bicyclic) bond motifs is 1. The minimum Gasteiger partial charge on any atom is -0.497 e. The fourth-order valence-corrected chi connectivity index (χ4v) is 4.43. The zero-order valence-electron chi connectivity index (χ0n) is 17.5. The van der Waals surface area contributed by atoms with Crippen LogP contribution in [0.2, 0.25) is 0 Å². The molecule has 0 unspecified atom stereocenters. The number of nitrogens with one attached hydrogen (secondary N) is 1. The topological polar surface area (TPSA) is 104 Å². The molecule has 32 heavy (non-hydrogen) atoms. The third-order valence-electron chi connectivity index (χ3n) is 5.02. The third-order valence-corrected chi connectivity index (χ3v) is 6.03. The number of amidine groups is 1. The van der Waals surface area contributed by atoms with Gasteiger partial charge in [0.25, 0.3) is 5.91 Å². The van der Waals surface area contributed by atoms with Crippen LogP contribution in [0.25, 0.3) is 10.9 Å². The quantitative estimate of drug-likeness (QED) is 0.527. The van der Waals surface area contributed by atoms with Crippen LogP contribution in [0.1, 0.15) is 5.56 Å². The zero-order valence-corrected chi connectivity index (χ0v) is 18.3. The van der Waals surface area contributed by atoms with Crippen molar-refractivity contribution < 1.29 is 24.2 Å². The maximum absolute atomic E-state index is 13.0. The van der Waals surface area contributed by atoms with Crippen LogP contribution in [0.4, 0.5) is 5.69 Å². The van der Waals surface area contributed by atoms with E-state index in [9.17, 15) is 9.59 Å². The second-order valence-electron chi connectivity index (χ2n) is 6.95. The number of aromatic nitrogens is 1. The minimum atomic E-state index is -1.18. The van der Waals surface area contributed by atoms with Gasteiger partial charge in [-0.3, -0.25) is 9.69 Å². The summed E-state index contributed by atoms with van der Waals surface area (Å²) in [4.78, 5) is 33.6. The van der Waals surface area contributed by atoms with Crippen molar-refractivity contribution in [3.05, 3.63) is 65.2 Å². The van der Waals surface area contributed by atoms with Gasteiger partial charge in [0.15, 0.2) is 5.17 Å². The number of hydrogen-bond acceptors (Lipinski definition) is 6. The number of methoxy groups -OCH3 is 2. The summed E-state index contributed by atoms with van der Waals surface area (Å²) in [5, 5.41) is 10.6. The van der Waals surface area contributed by atoms with E-state index in [2.05, 4.69) is 9.98 Å². The normalized spacial score (nSPS) is 16.3. The molecule has 0 saturated carbocycles. The molecule has 0 bridgehead atoms. The smallest absolute Gasteiger partial charge is 0.329 e. The summed E-state index contributed by atoms with van der Waals surface area (Å²) >= 11 is 1.04. The number of aromatic amines is 1. The molecule has 1 fully saturated rings. The highest BCUT2D eigenvalue weighted by Crippen LogP contribution is 2.35. The Morgan fingerprint density at radius 1 is 1.22 bits per heavy atom. The molecule has 0 radical (unpaired) electrons. The largest absolute Gasteiger partial charge is 0.497 e. The summed E-state index contributed by atoms with van der Waals surface area (Å²) in [5.41, 5.74) is 2.55. The summed E-state index contributed by atoms with van der Waals surface area (Å²) in [6.45, 7) is 0.334. The van der Waals surface area contributed by atoms with Gasteiger partial charge < -0.3 is 19.6 Å². The number of para-hydroxylation sites is 2. The second kappa shape index (κ2) is 9.19. The highest BCUT2D eigenvalue weighted by Gasteiger charge is 2.34.